The van der Waals surface area contributed by atoms with Crippen LogP contribution in [0, 0.1) is 25.7 Å². The summed E-state index contributed by atoms with van der Waals surface area (Å²) in [6.45, 7) is 6.77. The molecule has 0 aromatic carbocycles. The standard InChI is InChI=1S/C19H29N5O3S/c1-12-13(2)28-19(21-12)22-16(25)11-23-7-3-4-15(10-23)18(27)24-8-5-14(6-9-24)17(20)26/h14-15H,3-11H2,1-2H3,(H2,20,26)(H,21,22,25). The second kappa shape index (κ2) is 9.00. The van der Waals surface area contributed by atoms with Gasteiger partial charge >= 0.3 is 0 Å². The summed E-state index contributed by atoms with van der Waals surface area (Å²) in [5, 5.41) is 3.49. The van der Waals surface area contributed by atoms with Crippen LogP contribution in [0.4, 0.5) is 5.13 Å². The fraction of sp³-hybridized carbons (Fsp3) is 0.684. The highest BCUT2D eigenvalue weighted by Gasteiger charge is 2.33. The van der Waals surface area contributed by atoms with Crippen LogP contribution < -0.4 is 11.1 Å². The Morgan fingerprint density at radius 3 is 2.46 bits per heavy atom. The number of primary amides is 1. The number of aryl methyl sites for hydroxylation is 2. The largest absolute Gasteiger partial charge is 0.369 e. The van der Waals surface area contributed by atoms with Crippen LogP contribution in [0.15, 0.2) is 0 Å². The summed E-state index contributed by atoms with van der Waals surface area (Å²) in [6.07, 6.45) is 3.04. The maximum Gasteiger partial charge on any atom is 0.240 e. The molecule has 0 spiro atoms. The number of nitrogens with one attached hydrogen (secondary N) is 1. The lowest BCUT2D eigenvalue weighted by atomic mass is 9.92. The number of carbonyl (C=O) groups excluding carboxylic acids is 3. The highest BCUT2D eigenvalue weighted by Crippen LogP contribution is 2.24. The maximum atomic E-state index is 12.9. The summed E-state index contributed by atoms with van der Waals surface area (Å²) in [5.74, 6) is -0.430. The Morgan fingerprint density at radius 2 is 1.86 bits per heavy atom. The molecular weight excluding hydrogens is 378 g/mol. The third-order valence-corrected chi connectivity index (χ3v) is 6.69. The number of rotatable bonds is 5. The average Bonchev–Trinajstić information content (AvgIpc) is 2.98. The molecule has 0 saturated carbocycles. The van der Waals surface area contributed by atoms with E-state index in [4.69, 9.17) is 5.73 Å². The van der Waals surface area contributed by atoms with Gasteiger partial charge < -0.3 is 16.0 Å². The van der Waals surface area contributed by atoms with Crippen LogP contribution in [0.25, 0.3) is 0 Å². The van der Waals surface area contributed by atoms with Crippen molar-refractivity contribution in [2.75, 3.05) is 38.0 Å². The van der Waals surface area contributed by atoms with Gasteiger partial charge in [-0.3, -0.25) is 19.3 Å². The number of piperidine rings is 2. The number of anilines is 1. The molecule has 3 heterocycles. The van der Waals surface area contributed by atoms with Crippen LogP contribution in [0.2, 0.25) is 0 Å². The number of carbonyl (C=O) groups is 3. The van der Waals surface area contributed by atoms with Gasteiger partial charge in [-0.2, -0.15) is 0 Å². The third-order valence-electron chi connectivity index (χ3n) is 5.71. The Balaban J connectivity index is 1.48. The fourth-order valence-corrected chi connectivity index (χ4v) is 4.76. The van der Waals surface area contributed by atoms with E-state index < -0.39 is 0 Å². The third kappa shape index (κ3) is 5.08. The zero-order chi connectivity index (χ0) is 20.3. The van der Waals surface area contributed by atoms with Gasteiger partial charge in [0.25, 0.3) is 0 Å². The van der Waals surface area contributed by atoms with Gasteiger partial charge in [0.2, 0.25) is 17.7 Å². The van der Waals surface area contributed by atoms with Gasteiger partial charge in [-0.1, -0.05) is 0 Å². The minimum atomic E-state index is -0.271. The Labute approximate surface area is 169 Å². The van der Waals surface area contributed by atoms with Crippen molar-refractivity contribution >= 4 is 34.2 Å². The molecule has 154 valence electrons. The number of likely N-dealkylation sites (tertiary alicyclic amines) is 2. The molecule has 28 heavy (non-hydrogen) atoms. The predicted molar refractivity (Wildman–Crippen MR) is 108 cm³/mol. The van der Waals surface area contributed by atoms with Gasteiger partial charge in [0, 0.05) is 30.4 Å². The molecule has 1 atom stereocenters. The minimum Gasteiger partial charge on any atom is -0.369 e. The van der Waals surface area contributed by atoms with Crippen molar-refractivity contribution in [2.45, 2.75) is 39.5 Å². The molecule has 3 N–H and O–H groups in total. The Hall–Kier alpha value is -2.00. The SMILES string of the molecule is Cc1nc(NC(=O)CN2CCCC(C(=O)N3CCC(C(N)=O)CC3)C2)sc1C. The molecular formula is C19H29N5O3S. The maximum absolute atomic E-state index is 12.9. The van der Waals surface area contributed by atoms with E-state index in [0.29, 0.717) is 37.6 Å². The molecule has 3 amide bonds. The van der Waals surface area contributed by atoms with E-state index in [9.17, 15) is 14.4 Å². The van der Waals surface area contributed by atoms with E-state index >= 15 is 0 Å². The van der Waals surface area contributed by atoms with E-state index in [-0.39, 0.29) is 36.1 Å². The van der Waals surface area contributed by atoms with Gasteiger partial charge in [0.15, 0.2) is 5.13 Å². The number of nitrogens with two attached hydrogens (primary N) is 1. The minimum absolute atomic E-state index is 0.0870. The molecule has 2 aliphatic heterocycles. The van der Waals surface area contributed by atoms with Crippen molar-refractivity contribution in [2.24, 2.45) is 17.6 Å². The van der Waals surface area contributed by atoms with Crippen LogP contribution in [-0.4, -0.2) is 65.2 Å². The van der Waals surface area contributed by atoms with E-state index in [0.717, 1.165) is 30.0 Å². The van der Waals surface area contributed by atoms with Crippen molar-refractivity contribution in [3.05, 3.63) is 10.6 Å². The normalized spacial score (nSPS) is 21.5. The molecule has 0 radical (unpaired) electrons. The second-order valence-electron chi connectivity index (χ2n) is 7.78. The van der Waals surface area contributed by atoms with Gasteiger partial charge in [-0.25, -0.2) is 4.98 Å². The number of hydrogen-bond acceptors (Lipinski definition) is 6. The molecule has 0 bridgehead atoms. The predicted octanol–water partition coefficient (Wildman–Crippen LogP) is 1.13. The van der Waals surface area contributed by atoms with Crippen LogP contribution in [0.5, 0.6) is 0 Å². The molecule has 2 aliphatic rings. The zero-order valence-electron chi connectivity index (χ0n) is 16.6. The molecule has 2 saturated heterocycles. The Bertz CT molecular complexity index is 722. The quantitative estimate of drug-likeness (QED) is 0.761. The van der Waals surface area contributed by atoms with Gasteiger partial charge in [0.1, 0.15) is 0 Å². The molecule has 9 heteroatoms. The highest BCUT2D eigenvalue weighted by molar-refractivity contribution is 7.15. The van der Waals surface area contributed by atoms with Crippen molar-refractivity contribution < 1.29 is 14.4 Å². The average molecular weight is 408 g/mol. The van der Waals surface area contributed by atoms with Crippen LogP contribution >= 0.6 is 11.3 Å². The zero-order valence-corrected chi connectivity index (χ0v) is 17.4. The van der Waals surface area contributed by atoms with Crippen molar-refractivity contribution in [3.63, 3.8) is 0 Å². The smallest absolute Gasteiger partial charge is 0.240 e. The molecule has 1 unspecified atom stereocenters. The van der Waals surface area contributed by atoms with E-state index in [1.165, 1.54) is 11.3 Å². The van der Waals surface area contributed by atoms with E-state index in [2.05, 4.69) is 10.3 Å². The summed E-state index contributed by atoms with van der Waals surface area (Å²) >= 11 is 1.48. The van der Waals surface area contributed by atoms with E-state index in [1.807, 2.05) is 23.6 Å². The Morgan fingerprint density at radius 1 is 1.14 bits per heavy atom. The highest BCUT2D eigenvalue weighted by atomic mass is 32.1. The number of nitrogens with zero attached hydrogens (tertiary/aromatic N) is 3. The summed E-state index contributed by atoms with van der Waals surface area (Å²) in [7, 11) is 0. The summed E-state index contributed by atoms with van der Waals surface area (Å²) < 4.78 is 0. The lowest BCUT2D eigenvalue weighted by Gasteiger charge is -2.37. The molecule has 8 nitrogen and oxygen atoms in total. The van der Waals surface area contributed by atoms with Gasteiger partial charge in [-0.05, 0) is 46.1 Å². The molecule has 1 aromatic rings. The summed E-state index contributed by atoms with van der Waals surface area (Å²) in [5.41, 5.74) is 6.30. The lowest BCUT2D eigenvalue weighted by Crippen LogP contribution is -2.49. The summed E-state index contributed by atoms with van der Waals surface area (Å²) in [4.78, 5) is 45.9. The van der Waals surface area contributed by atoms with Crippen molar-refractivity contribution in [1.29, 1.82) is 0 Å². The van der Waals surface area contributed by atoms with Gasteiger partial charge in [-0.15, -0.1) is 11.3 Å². The molecule has 1 aromatic heterocycles. The van der Waals surface area contributed by atoms with E-state index in [1.54, 1.807) is 0 Å². The number of aromatic nitrogens is 1. The molecule has 3 rings (SSSR count). The van der Waals surface area contributed by atoms with Crippen LogP contribution in [0.1, 0.15) is 36.3 Å². The van der Waals surface area contributed by atoms with Crippen LogP contribution in [0.3, 0.4) is 0 Å². The summed E-state index contributed by atoms with van der Waals surface area (Å²) in [6, 6.07) is 0. The number of amides is 3. The van der Waals surface area contributed by atoms with Gasteiger partial charge in [0.05, 0.1) is 18.2 Å². The molecule has 0 aliphatic carbocycles. The first kappa shape index (κ1) is 20.7. The first-order chi connectivity index (χ1) is 13.3. The topological polar surface area (TPSA) is 109 Å². The first-order valence-corrected chi connectivity index (χ1v) is 10.7. The molecule has 2 fully saturated rings. The monoisotopic (exact) mass is 407 g/mol. The van der Waals surface area contributed by atoms with Crippen molar-refractivity contribution in [3.8, 4) is 0 Å². The Kier molecular flexibility index (Phi) is 6.66. The fourth-order valence-electron chi connectivity index (χ4n) is 3.93. The number of thiazole rings is 1. The van der Waals surface area contributed by atoms with Crippen LogP contribution in [-0.2, 0) is 14.4 Å². The number of hydrogen-bond donors (Lipinski definition) is 2. The first-order valence-electron chi connectivity index (χ1n) is 9.88. The second-order valence-corrected chi connectivity index (χ2v) is 8.99. The van der Waals surface area contributed by atoms with Crippen molar-refractivity contribution in [1.82, 2.24) is 14.8 Å². The lowest BCUT2D eigenvalue weighted by molar-refractivity contribution is -0.140.